The minimum Gasteiger partial charge on any atom is -0.316 e. The van der Waals surface area contributed by atoms with Gasteiger partial charge < -0.3 is 5.21 Å². The second kappa shape index (κ2) is 3.71. The molecule has 0 aliphatic heterocycles. The largest absolute Gasteiger partial charge is 0.316 e. The summed E-state index contributed by atoms with van der Waals surface area (Å²) < 4.78 is 1.03. The van der Waals surface area contributed by atoms with E-state index < -0.39 is 0 Å². The van der Waals surface area contributed by atoms with Crippen LogP contribution < -0.4 is 5.48 Å². The first-order valence-corrected chi connectivity index (χ1v) is 3.73. The predicted octanol–water partition coefficient (Wildman–Crippen LogP) is 1.93. The molecule has 1 aromatic carbocycles. The molecule has 0 bridgehead atoms. The van der Waals surface area contributed by atoms with Crippen molar-refractivity contribution in [3.05, 3.63) is 34.3 Å². The van der Waals surface area contributed by atoms with Crippen LogP contribution in [0.25, 0.3) is 0 Å². The van der Waals surface area contributed by atoms with Gasteiger partial charge in [-0.05, 0) is 17.7 Å². The first kappa shape index (κ1) is 7.72. The fourth-order valence-electron chi connectivity index (χ4n) is 0.738. The van der Waals surface area contributed by atoms with E-state index in [4.69, 9.17) is 5.21 Å². The number of rotatable bonds is 2. The molecule has 0 aliphatic carbocycles. The molecule has 2 N–H and O–H groups in total. The van der Waals surface area contributed by atoms with Crippen molar-refractivity contribution in [1.29, 1.82) is 0 Å². The molecule has 1 aromatic rings. The Bertz CT molecular complexity index is 215. The van der Waals surface area contributed by atoms with Gasteiger partial charge >= 0.3 is 0 Å². The van der Waals surface area contributed by atoms with Gasteiger partial charge in [-0.2, -0.15) is 0 Å². The Labute approximate surface area is 68.0 Å². The molecular weight excluding hydrogens is 194 g/mol. The van der Waals surface area contributed by atoms with Crippen LogP contribution in [-0.4, -0.2) is 5.21 Å². The highest BCUT2D eigenvalue weighted by atomic mass is 79.9. The fraction of sp³-hybridized carbons (Fsp3) is 0.143. The SMILES string of the molecule is ONCc1cccc(Br)c1. The average Bonchev–Trinajstić information content (AvgIpc) is 1.88. The highest BCUT2D eigenvalue weighted by Crippen LogP contribution is 2.10. The van der Waals surface area contributed by atoms with Crippen molar-refractivity contribution in [2.24, 2.45) is 0 Å². The van der Waals surface area contributed by atoms with Crippen molar-refractivity contribution in [3.63, 3.8) is 0 Å². The van der Waals surface area contributed by atoms with Crippen molar-refractivity contribution in [3.8, 4) is 0 Å². The molecular formula is C7H8BrNO. The lowest BCUT2D eigenvalue weighted by molar-refractivity contribution is 0.161. The van der Waals surface area contributed by atoms with Crippen LogP contribution in [0.4, 0.5) is 0 Å². The van der Waals surface area contributed by atoms with E-state index in [2.05, 4.69) is 21.4 Å². The second-order valence-corrected chi connectivity index (χ2v) is 2.88. The van der Waals surface area contributed by atoms with Crippen molar-refractivity contribution in [2.75, 3.05) is 0 Å². The van der Waals surface area contributed by atoms with E-state index in [0.29, 0.717) is 6.54 Å². The summed E-state index contributed by atoms with van der Waals surface area (Å²) >= 11 is 3.32. The highest BCUT2D eigenvalue weighted by molar-refractivity contribution is 9.10. The van der Waals surface area contributed by atoms with Crippen LogP contribution in [0.5, 0.6) is 0 Å². The molecule has 0 radical (unpaired) electrons. The molecule has 2 nitrogen and oxygen atoms in total. The average molecular weight is 202 g/mol. The smallest absolute Gasteiger partial charge is 0.0458 e. The van der Waals surface area contributed by atoms with Crippen molar-refractivity contribution < 1.29 is 5.21 Å². The first-order valence-electron chi connectivity index (χ1n) is 2.94. The number of hydroxylamine groups is 1. The maximum Gasteiger partial charge on any atom is 0.0458 e. The molecule has 0 aliphatic rings. The van der Waals surface area contributed by atoms with Gasteiger partial charge in [-0.1, -0.05) is 28.1 Å². The van der Waals surface area contributed by atoms with E-state index >= 15 is 0 Å². The molecule has 3 heteroatoms. The van der Waals surface area contributed by atoms with Gasteiger partial charge in [0, 0.05) is 11.0 Å². The standard InChI is InChI=1S/C7H8BrNO/c8-7-3-1-2-6(4-7)5-9-10/h1-4,9-10H,5H2. The third kappa shape index (κ3) is 2.10. The van der Waals surface area contributed by atoms with Crippen LogP contribution >= 0.6 is 15.9 Å². The Balaban J connectivity index is 2.75. The molecule has 1 rings (SSSR count). The van der Waals surface area contributed by atoms with E-state index in [-0.39, 0.29) is 0 Å². The Hall–Kier alpha value is -0.380. The summed E-state index contributed by atoms with van der Waals surface area (Å²) in [6.45, 7) is 0.486. The van der Waals surface area contributed by atoms with Crippen molar-refractivity contribution in [2.45, 2.75) is 6.54 Å². The summed E-state index contributed by atoms with van der Waals surface area (Å²) in [6, 6.07) is 7.76. The number of halogens is 1. The molecule has 0 saturated heterocycles. The summed E-state index contributed by atoms with van der Waals surface area (Å²) in [7, 11) is 0. The Kier molecular flexibility index (Phi) is 2.86. The van der Waals surface area contributed by atoms with Crippen molar-refractivity contribution in [1.82, 2.24) is 5.48 Å². The zero-order chi connectivity index (χ0) is 7.40. The van der Waals surface area contributed by atoms with Gasteiger partial charge in [0.1, 0.15) is 0 Å². The van der Waals surface area contributed by atoms with E-state index in [1.165, 1.54) is 0 Å². The first-order chi connectivity index (χ1) is 4.83. The summed E-state index contributed by atoms with van der Waals surface area (Å²) in [4.78, 5) is 0. The maximum absolute atomic E-state index is 8.35. The molecule has 0 fully saturated rings. The third-order valence-corrected chi connectivity index (χ3v) is 1.67. The number of hydrogen-bond acceptors (Lipinski definition) is 2. The van der Waals surface area contributed by atoms with Crippen LogP contribution in [0.2, 0.25) is 0 Å². The molecule has 0 saturated carbocycles. The van der Waals surface area contributed by atoms with Crippen LogP contribution in [0.15, 0.2) is 28.7 Å². The lowest BCUT2D eigenvalue weighted by Gasteiger charge is -1.97. The molecule has 0 amide bonds. The van der Waals surface area contributed by atoms with Crippen LogP contribution in [-0.2, 0) is 6.54 Å². The van der Waals surface area contributed by atoms with Gasteiger partial charge in [-0.15, -0.1) is 0 Å². The Morgan fingerprint density at radius 2 is 2.30 bits per heavy atom. The van der Waals surface area contributed by atoms with Crippen LogP contribution in [0.1, 0.15) is 5.56 Å². The minimum absolute atomic E-state index is 0.486. The van der Waals surface area contributed by atoms with Gasteiger partial charge in [-0.3, -0.25) is 0 Å². The number of hydrogen-bond donors (Lipinski definition) is 2. The lowest BCUT2D eigenvalue weighted by atomic mass is 10.2. The third-order valence-electron chi connectivity index (χ3n) is 1.17. The van der Waals surface area contributed by atoms with Crippen molar-refractivity contribution >= 4 is 15.9 Å². The predicted molar refractivity (Wildman–Crippen MR) is 42.8 cm³/mol. The maximum atomic E-state index is 8.35. The molecule has 0 unspecified atom stereocenters. The fourth-order valence-corrected chi connectivity index (χ4v) is 1.18. The Morgan fingerprint density at radius 3 is 2.90 bits per heavy atom. The summed E-state index contributed by atoms with van der Waals surface area (Å²) in [6.07, 6.45) is 0. The summed E-state index contributed by atoms with van der Waals surface area (Å²) in [5.41, 5.74) is 3.14. The minimum atomic E-state index is 0.486. The quantitative estimate of drug-likeness (QED) is 0.718. The second-order valence-electron chi connectivity index (χ2n) is 1.96. The number of benzene rings is 1. The normalized spacial score (nSPS) is 9.80. The highest BCUT2D eigenvalue weighted by Gasteiger charge is 1.90. The van der Waals surface area contributed by atoms with Gasteiger partial charge in [-0.25, -0.2) is 5.48 Å². The summed E-state index contributed by atoms with van der Waals surface area (Å²) in [5.74, 6) is 0. The zero-order valence-corrected chi connectivity index (χ0v) is 6.93. The monoisotopic (exact) mass is 201 g/mol. The summed E-state index contributed by atoms with van der Waals surface area (Å²) in [5, 5.41) is 8.35. The van der Waals surface area contributed by atoms with E-state index in [1.807, 2.05) is 24.3 Å². The van der Waals surface area contributed by atoms with Gasteiger partial charge in [0.05, 0.1) is 0 Å². The molecule has 0 atom stereocenters. The molecule has 10 heavy (non-hydrogen) atoms. The molecule has 0 spiro atoms. The van der Waals surface area contributed by atoms with E-state index in [9.17, 15) is 0 Å². The number of nitrogens with one attached hydrogen (secondary N) is 1. The zero-order valence-electron chi connectivity index (χ0n) is 5.34. The van der Waals surface area contributed by atoms with E-state index in [0.717, 1.165) is 10.0 Å². The molecule has 54 valence electrons. The Morgan fingerprint density at radius 1 is 1.50 bits per heavy atom. The van der Waals surface area contributed by atoms with Gasteiger partial charge in [0.25, 0.3) is 0 Å². The lowest BCUT2D eigenvalue weighted by Crippen LogP contribution is -2.05. The topological polar surface area (TPSA) is 32.3 Å². The van der Waals surface area contributed by atoms with Gasteiger partial charge in [0.2, 0.25) is 0 Å². The van der Waals surface area contributed by atoms with Gasteiger partial charge in [0.15, 0.2) is 0 Å². The van der Waals surface area contributed by atoms with E-state index in [1.54, 1.807) is 0 Å². The van der Waals surface area contributed by atoms with Crippen LogP contribution in [0.3, 0.4) is 0 Å². The molecule has 0 aromatic heterocycles. The van der Waals surface area contributed by atoms with Crippen LogP contribution in [0, 0.1) is 0 Å². The molecule has 0 heterocycles.